The van der Waals surface area contributed by atoms with E-state index in [4.69, 9.17) is 19.4 Å². The second kappa shape index (κ2) is 11.1. The van der Waals surface area contributed by atoms with Gasteiger partial charge in [0.1, 0.15) is 11.5 Å². The van der Waals surface area contributed by atoms with Gasteiger partial charge in [-0.3, -0.25) is 0 Å². The number of pyridine rings is 2. The van der Waals surface area contributed by atoms with Crippen LogP contribution in [0.4, 0.5) is 0 Å². The van der Waals surface area contributed by atoms with Crippen molar-refractivity contribution in [2.24, 2.45) is 0 Å². The molecule has 7 aromatic rings. The van der Waals surface area contributed by atoms with Crippen molar-refractivity contribution in [2.45, 2.75) is 13.8 Å². The van der Waals surface area contributed by atoms with Gasteiger partial charge < -0.3 is 19.4 Å². The summed E-state index contributed by atoms with van der Waals surface area (Å²) in [5, 5.41) is 2.25. The predicted molar refractivity (Wildman–Crippen MR) is 181 cm³/mol. The van der Waals surface area contributed by atoms with Crippen LogP contribution in [0.1, 0.15) is 11.1 Å². The van der Waals surface area contributed by atoms with Gasteiger partial charge in [-0.15, -0.1) is 58.5 Å². The van der Waals surface area contributed by atoms with Gasteiger partial charge in [-0.1, -0.05) is 71.8 Å². The van der Waals surface area contributed by atoms with Crippen molar-refractivity contribution < 1.29 is 30.5 Å². The van der Waals surface area contributed by atoms with Crippen molar-refractivity contribution in [3.63, 3.8) is 0 Å². The second-order valence-corrected chi connectivity index (χ2v) is 11.8. The largest absolute Gasteiger partial charge is 2.00 e. The molecule has 6 heteroatoms. The van der Waals surface area contributed by atoms with Gasteiger partial charge in [0.05, 0.1) is 0 Å². The first-order chi connectivity index (χ1) is 22.1. The molecule has 46 heavy (non-hydrogen) atoms. The first kappa shape index (κ1) is 28.5. The maximum absolute atomic E-state index is 6.45. The van der Waals surface area contributed by atoms with Gasteiger partial charge in [-0.2, -0.15) is 0 Å². The second-order valence-electron chi connectivity index (χ2n) is 11.8. The molecule has 0 aliphatic carbocycles. The van der Waals surface area contributed by atoms with E-state index >= 15 is 0 Å². The van der Waals surface area contributed by atoms with Crippen LogP contribution in [0.3, 0.4) is 0 Å². The third-order valence-corrected chi connectivity index (χ3v) is 8.70. The number of benzene rings is 5. The van der Waals surface area contributed by atoms with Gasteiger partial charge >= 0.3 is 21.1 Å². The molecule has 0 amide bonds. The van der Waals surface area contributed by atoms with E-state index in [0.717, 1.165) is 78.2 Å². The Labute approximate surface area is 282 Å². The molecular weight excluding hydrogens is 746 g/mol. The number of hydrogen-bond acceptors (Lipinski definition) is 4. The number of aryl methyl sites for hydroxylation is 2. The van der Waals surface area contributed by atoms with Crippen LogP contribution >= 0.6 is 0 Å². The molecule has 0 fully saturated rings. The Morgan fingerprint density at radius 1 is 0.565 bits per heavy atom. The summed E-state index contributed by atoms with van der Waals surface area (Å²) in [6, 6.07) is 42.8. The molecule has 0 bridgehead atoms. The van der Waals surface area contributed by atoms with E-state index in [9.17, 15) is 0 Å². The molecule has 0 saturated carbocycles. The zero-order chi connectivity index (χ0) is 30.1. The molecule has 9 rings (SSSR count). The Hall–Kier alpha value is -4.99. The molecule has 2 aromatic heterocycles. The van der Waals surface area contributed by atoms with Crippen LogP contribution in [0.25, 0.3) is 44.4 Å². The molecule has 0 saturated heterocycles. The normalized spacial score (nSPS) is 12.3. The Morgan fingerprint density at radius 2 is 1.20 bits per heavy atom. The standard InChI is InChI=1S/C40H25BN2O2.Pt/c1-24-16-25(2)18-31(17-24)27-14-15-42-34(22-27)28-10-12-36-32(19-28)41-33-20-29(35-21-26-6-3-4-7-30(26)23-43-35)11-13-37(33)45-39-9-5-8-38(44-36)40(39)41;/h3-18,21-23H,1-2H3;/q-2;+2. The Kier molecular flexibility index (Phi) is 6.88. The van der Waals surface area contributed by atoms with Crippen molar-refractivity contribution >= 4 is 33.9 Å². The van der Waals surface area contributed by atoms with Gasteiger partial charge in [0, 0.05) is 29.4 Å². The first-order valence-electron chi connectivity index (χ1n) is 15.1. The zero-order valence-electron chi connectivity index (χ0n) is 25.1. The van der Waals surface area contributed by atoms with E-state index in [2.05, 4.69) is 74.5 Å². The topological polar surface area (TPSA) is 44.2 Å². The van der Waals surface area contributed by atoms with Gasteiger partial charge in [-0.05, 0) is 65.3 Å². The van der Waals surface area contributed by atoms with Gasteiger partial charge in [0.15, 0.2) is 0 Å². The molecular formula is C40H25BN2O2Pt. The third kappa shape index (κ3) is 4.74. The maximum Gasteiger partial charge on any atom is 2.00 e. The molecule has 0 unspecified atom stereocenters. The maximum atomic E-state index is 6.45. The van der Waals surface area contributed by atoms with E-state index in [-0.39, 0.29) is 27.8 Å². The van der Waals surface area contributed by atoms with Crippen LogP contribution in [-0.4, -0.2) is 16.7 Å². The molecule has 0 spiro atoms. The SMILES string of the molecule is Cc1cc(C)cc(-c2ccnc(-c3[c-]c4c(cc3)Oc3cccc5c3B4c3[c-]c(-c4cc6ccccc6cn4)ccc3O5)c2)c1.[Pt+2]. The molecule has 0 radical (unpaired) electrons. The monoisotopic (exact) mass is 771 g/mol. The molecule has 4 nitrogen and oxygen atoms in total. The Balaban J connectivity index is 0.00000312. The number of nitrogens with zero attached hydrogens (tertiary/aromatic N) is 2. The van der Waals surface area contributed by atoms with Crippen molar-refractivity contribution in [3.05, 3.63) is 139 Å². The minimum Gasteiger partial charge on any atom is -0.503 e. The van der Waals surface area contributed by atoms with Crippen LogP contribution in [0.5, 0.6) is 23.0 Å². The van der Waals surface area contributed by atoms with E-state index in [1.54, 1.807) is 0 Å². The minimum atomic E-state index is -0.174. The summed E-state index contributed by atoms with van der Waals surface area (Å²) in [5.41, 5.74) is 11.2. The molecule has 2 aliphatic rings. The third-order valence-electron chi connectivity index (χ3n) is 8.70. The van der Waals surface area contributed by atoms with Crippen LogP contribution in [0, 0.1) is 26.0 Å². The molecule has 0 N–H and O–H groups in total. The number of ether oxygens (including phenoxy) is 2. The summed E-state index contributed by atoms with van der Waals surface area (Å²) in [6.45, 7) is 4.09. The van der Waals surface area contributed by atoms with E-state index in [1.165, 1.54) is 16.7 Å². The average Bonchev–Trinajstić information content (AvgIpc) is 3.07. The summed E-state index contributed by atoms with van der Waals surface area (Å²) in [7, 11) is 0. The number of hydrogen-bond donors (Lipinski definition) is 0. The number of aromatic nitrogens is 2. The summed E-state index contributed by atoms with van der Waals surface area (Å²) in [4.78, 5) is 9.55. The fourth-order valence-electron chi connectivity index (χ4n) is 6.69. The number of fused-ring (bicyclic) bond motifs is 5. The summed E-state index contributed by atoms with van der Waals surface area (Å²) in [6.07, 6.45) is 3.80. The number of rotatable bonds is 3. The van der Waals surface area contributed by atoms with Gasteiger partial charge in [0.2, 0.25) is 6.71 Å². The molecule has 0 atom stereocenters. The first-order valence-corrected chi connectivity index (χ1v) is 15.1. The summed E-state index contributed by atoms with van der Waals surface area (Å²) < 4.78 is 12.9. The molecule has 2 aliphatic heterocycles. The zero-order valence-corrected chi connectivity index (χ0v) is 27.3. The van der Waals surface area contributed by atoms with Crippen molar-refractivity contribution in [1.82, 2.24) is 9.97 Å². The quantitative estimate of drug-likeness (QED) is 0.137. The van der Waals surface area contributed by atoms with E-state index in [0.29, 0.717) is 0 Å². The van der Waals surface area contributed by atoms with Crippen molar-refractivity contribution in [3.8, 4) is 56.6 Å². The van der Waals surface area contributed by atoms with Crippen molar-refractivity contribution in [1.29, 1.82) is 0 Å². The fraction of sp³-hybridized carbons (Fsp3) is 0.0500. The smallest absolute Gasteiger partial charge is 0.503 e. The van der Waals surface area contributed by atoms with Gasteiger partial charge in [0.25, 0.3) is 0 Å². The van der Waals surface area contributed by atoms with Gasteiger partial charge in [-0.25, -0.2) is 0 Å². The summed E-state index contributed by atoms with van der Waals surface area (Å²) in [5.74, 6) is 3.12. The van der Waals surface area contributed by atoms with Crippen LogP contribution < -0.4 is 25.9 Å². The van der Waals surface area contributed by atoms with Crippen LogP contribution in [-0.2, 0) is 21.1 Å². The molecule has 4 heterocycles. The minimum absolute atomic E-state index is 0. The average molecular weight is 772 g/mol. The van der Waals surface area contributed by atoms with Crippen molar-refractivity contribution in [2.75, 3.05) is 0 Å². The fourth-order valence-corrected chi connectivity index (χ4v) is 6.69. The summed E-state index contributed by atoms with van der Waals surface area (Å²) >= 11 is 0. The predicted octanol–water partition coefficient (Wildman–Crippen LogP) is 7.57. The Bertz CT molecular complexity index is 2300. The Morgan fingerprint density at radius 3 is 1.87 bits per heavy atom. The van der Waals surface area contributed by atoms with E-state index in [1.807, 2.05) is 67.0 Å². The molecule has 220 valence electrons. The van der Waals surface area contributed by atoms with E-state index < -0.39 is 0 Å². The van der Waals surface area contributed by atoms with Crippen LogP contribution in [0.15, 0.2) is 116 Å². The molecule has 5 aromatic carbocycles. The van der Waals surface area contributed by atoms with Crippen LogP contribution in [0.2, 0.25) is 0 Å².